The van der Waals surface area contributed by atoms with Crippen molar-refractivity contribution in [2.75, 3.05) is 0 Å². The first kappa shape index (κ1) is 12.6. The van der Waals surface area contributed by atoms with Crippen molar-refractivity contribution in [2.45, 2.75) is 36.6 Å². The van der Waals surface area contributed by atoms with Crippen LogP contribution in [0.2, 0.25) is 5.02 Å². The largest absolute Gasteiger partial charge is 0.326 e. The Bertz CT molecular complexity index is 590. The minimum atomic E-state index is -3.62. The lowest BCUT2D eigenvalue weighted by atomic mass is 9.80. The first-order valence-electron chi connectivity index (χ1n) is 5.25. The van der Waals surface area contributed by atoms with Gasteiger partial charge in [-0.1, -0.05) is 11.6 Å². The highest BCUT2D eigenvalue weighted by Crippen LogP contribution is 2.32. The molecule has 0 spiro atoms. The number of H-pyrrole nitrogens is 1. The van der Waals surface area contributed by atoms with E-state index in [1.54, 1.807) is 0 Å². The van der Waals surface area contributed by atoms with Crippen LogP contribution in [0.5, 0.6) is 0 Å². The zero-order chi connectivity index (χ0) is 12.7. The second-order valence-electron chi connectivity index (χ2n) is 4.53. The topological polar surface area (TPSA) is 79.0 Å². The van der Waals surface area contributed by atoms with Gasteiger partial charge >= 0.3 is 0 Å². The van der Waals surface area contributed by atoms with Gasteiger partial charge in [0, 0.05) is 11.7 Å². The van der Waals surface area contributed by atoms with E-state index in [4.69, 9.17) is 11.6 Å². The molecule has 1 aromatic heterocycles. The van der Waals surface area contributed by atoms with Crippen LogP contribution < -0.4 is 10.3 Å². The van der Waals surface area contributed by atoms with E-state index >= 15 is 0 Å². The van der Waals surface area contributed by atoms with Gasteiger partial charge in [0.1, 0.15) is 5.02 Å². The highest BCUT2D eigenvalue weighted by atomic mass is 35.5. The fourth-order valence-corrected chi connectivity index (χ4v) is 3.48. The number of aromatic amines is 1. The number of sulfonamides is 1. The molecule has 0 amide bonds. The van der Waals surface area contributed by atoms with Gasteiger partial charge in [-0.25, -0.2) is 13.1 Å². The molecule has 1 fully saturated rings. The third-order valence-corrected chi connectivity index (χ3v) is 4.88. The number of hydrogen-bond acceptors (Lipinski definition) is 3. The highest BCUT2D eigenvalue weighted by molar-refractivity contribution is 7.89. The van der Waals surface area contributed by atoms with Gasteiger partial charge < -0.3 is 4.98 Å². The van der Waals surface area contributed by atoms with Crippen LogP contribution in [0.4, 0.5) is 0 Å². The third kappa shape index (κ3) is 2.53. The second kappa shape index (κ2) is 4.12. The van der Waals surface area contributed by atoms with Gasteiger partial charge in [0.05, 0.1) is 4.90 Å². The monoisotopic (exact) mass is 276 g/mol. The Hall–Kier alpha value is -0.850. The Labute approximate surface area is 104 Å². The summed E-state index contributed by atoms with van der Waals surface area (Å²) in [4.78, 5) is 13.3. The van der Waals surface area contributed by atoms with E-state index in [0.29, 0.717) is 0 Å². The van der Waals surface area contributed by atoms with Crippen LogP contribution in [0.3, 0.4) is 0 Å². The molecule has 0 aromatic carbocycles. The molecule has 0 radical (unpaired) electrons. The van der Waals surface area contributed by atoms with E-state index < -0.39 is 15.6 Å². The lowest BCUT2D eigenvalue weighted by molar-refractivity contribution is 0.248. The summed E-state index contributed by atoms with van der Waals surface area (Å²) in [5, 5.41) is -0.133. The van der Waals surface area contributed by atoms with E-state index in [-0.39, 0.29) is 15.5 Å². The quantitative estimate of drug-likeness (QED) is 0.872. The van der Waals surface area contributed by atoms with Crippen LogP contribution in [0.15, 0.2) is 22.0 Å². The van der Waals surface area contributed by atoms with E-state index in [2.05, 4.69) is 9.71 Å². The number of rotatable bonds is 3. The van der Waals surface area contributed by atoms with E-state index in [9.17, 15) is 13.2 Å². The number of nitrogens with one attached hydrogen (secondary N) is 2. The molecule has 7 heteroatoms. The van der Waals surface area contributed by atoms with Gasteiger partial charge in [-0.3, -0.25) is 4.79 Å². The van der Waals surface area contributed by atoms with Crippen molar-refractivity contribution in [3.63, 3.8) is 0 Å². The molecular formula is C10H13ClN2O3S. The molecule has 1 aromatic rings. The molecule has 1 aliphatic rings. The molecule has 94 valence electrons. The van der Waals surface area contributed by atoms with Gasteiger partial charge in [-0.05, 0) is 32.3 Å². The standard InChI is InChI=1S/C10H13ClN2O3S/c1-10(3-2-4-10)13-17(15,16)7-5-8(11)9(14)12-6-7/h5-6,13H,2-4H2,1H3,(H,12,14). The van der Waals surface area contributed by atoms with Crippen molar-refractivity contribution >= 4 is 21.6 Å². The maximum Gasteiger partial charge on any atom is 0.266 e. The normalized spacial score (nSPS) is 18.7. The van der Waals surface area contributed by atoms with Gasteiger partial charge in [0.2, 0.25) is 10.0 Å². The summed E-state index contributed by atoms with van der Waals surface area (Å²) < 4.78 is 26.6. The summed E-state index contributed by atoms with van der Waals surface area (Å²) in [6.07, 6.45) is 3.82. The number of aromatic nitrogens is 1. The van der Waals surface area contributed by atoms with Gasteiger partial charge in [0.15, 0.2) is 0 Å². The van der Waals surface area contributed by atoms with Crippen LogP contribution in [0, 0.1) is 0 Å². The molecule has 5 nitrogen and oxygen atoms in total. The van der Waals surface area contributed by atoms with Crippen molar-refractivity contribution in [3.05, 3.63) is 27.6 Å². The minimum absolute atomic E-state index is 0.0183. The molecule has 2 N–H and O–H groups in total. The summed E-state index contributed by atoms with van der Waals surface area (Å²) in [6.45, 7) is 1.86. The molecule has 0 saturated heterocycles. The Morgan fingerprint density at radius 2 is 2.12 bits per heavy atom. The van der Waals surface area contributed by atoms with Gasteiger partial charge in [-0.2, -0.15) is 0 Å². The number of halogens is 1. The molecule has 2 rings (SSSR count). The molecule has 0 bridgehead atoms. The van der Waals surface area contributed by atoms with E-state index in [1.807, 2.05) is 6.92 Å². The molecule has 17 heavy (non-hydrogen) atoms. The molecule has 0 aliphatic heterocycles. The van der Waals surface area contributed by atoms with Crippen molar-refractivity contribution in [3.8, 4) is 0 Å². The molecule has 1 saturated carbocycles. The first-order valence-corrected chi connectivity index (χ1v) is 7.11. The summed E-state index contributed by atoms with van der Waals surface area (Å²) in [7, 11) is -3.62. The maximum atomic E-state index is 12.0. The predicted octanol–water partition coefficient (Wildman–Crippen LogP) is 1.25. The van der Waals surface area contributed by atoms with E-state index in [0.717, 1.165) is 31.5 Å². The summed E-state index contributed by atoms with van der Waals surface area (Å²) in [5.41, 5.74) is -0.873. The predicted molar refractivity (Wildman–Crippen MR) is 64.7 cm³/mol. The average Bonchev–Trinajstić information content (AvgIpc) is 2.19. The van der Waals surface area contributed by atoms with Crippen molar-refractivity contribution in [1.29, 1.82) is 0 Å². The molecule has 0 atom stereocenters. The zero-order valence-corrected chi connectivity index (χ0v) is 10.9. The van der Waals surface area contributed by atoms with Crippen LogP contribution in [0.1, 0.15) is 26.2 Å². The van der Waals surface area contributed by atoms with Gasteiger partial charge in [0.25, 0.3) is 5.56 Å². The summed E-state index contributed by atoms with van der Waals surface area (Å²) in [6, 6.07) is 1.16. The zero-order valence-electron chi connectivity index (χ0n) is 9.29. The molecular weight excluding hydrogens is 264 g/mol. The summed E-state index contributed by atoms with van der Waals surface area (Å²) in [5.74, 6) is 0. The van der Waals surface area contributed by atoms with Crippen molar-refractivity contribution < 1.29 is 8.42 Å². The fraction of sp³-hybridized carbons (Fsp3) is 0.500. The maximum absolute atomic E-state index is 12.0. The lowest BCUT2D eigenvalue weighted by Crippen LogP contribution is -2.50. The SMILES string of the molecule is CC1(NS(=O)(=O)c2c[nH]c(=O)c(Cl)c2)CCC1. The Morgan fingerprint density at radius 1 is 1.47 bits per heavy atom. The average molecular weight is 277 g/mol. The second-order valence-corrected chi connectivity index (χ2v) is 6.62. The van der Waals surface area contributed by atoms with Crippen LogP contribution >= 0.6 is 11.6 Å². The molecule has 1 aliphatic carbocycles. The number of pyridine rings is 1. The first-order chi connectivity index (χ1) is 7.82. The fourth-order valence-electron chi connectivity index (χ4n) is 1.79. The lowest BCUT2D eigenvalue weighted by Gasteiger charge is -2.38. The summed E-state index contributed by atoms with van der Waals surface area (Å²) >= 11 is 5.60. The van der Waals surface area contributed by atoms with Crippen molar-refractivity contribution in [2.24, 2.45) is 0 Å². The van der Waals surface area contributed by atoms with Crippen molar-refractivity contribution in [1.82, 2.24) is 9.71 Å². The van der Waals surface area contributed by atoms with Crippen LogP contribution in [0.25, 0.3) is 0 Å². The van der Waals surface area contributed by atoms with Crippen LogP contribution in [-0.4, -0.2) is 18.9 Å². The van der Waals surface area contributed by atoms with Crippen LogP contribution in [-0.2, 0) is 10.0 Å². The third-order valence-electron chi connectivity index (χ3n) is 2.98. The van der Waals surface area contributed by atoms with Gasteiger partial charge in [-0.15, -0.1) is 0 Å². The smallest absolute Gasteiger partial charge is 0.266 e. The highest BCUT2D eigenvalue weighted by Gasteiger charge is 2.36. The Balaban J connectivity index is 2.31. The molecule has 0 unspecified atom stereocenters. The Morgan fingerprint density at radius 3 is 2.59 bits per heavy atom. The molecule has 1 heterocycles. The minimum Gasteiger partial charge on any atom is -0.326 e. The van der Waals surface area contributed by atoms with E-state index in [1.165, 1.54) is 0 Å². The number of hydrogen-bond donors (Lipinski definition) is 2. The Kier molecular flexibility index (Phi) is 3.05.